The molecule has 0 aromatic heterocycles. The van der Waals surface area contributed by atoms with E-state index in [-0.39, 0.29) is 41.3 Å². The molecule has 1 fully saturated rings. The standard InChI is InChI=1S/C24H27ClN4O5/c1-16-6-5-7-17(12-16)27-22(30)14-26-23(31)15-28(18-8-3-2-4-9-18)24(32)20-11-10-19(29(33)34)13-21(20)25/h5-7,10-13,18H,2-4,8-9,14-15H2,1H3,(H,26,31)(H,27,30). The van der Waals surface area contributed by atoms with E-state index in [4.69, 9.17) is 11.6 Å². The lowest BCUT2D eigenvalue weighted by atomic mass is 9.93. The average molecular weight is 487 g/mol. The molecule has 0 radical (unpaired) electrons. The Morgan fingerprint density at radius 1 is 1.09 bits per heavy atom. The molecule has 0 saturated heterocycles. The first kappa shape index (κ1) is 25.2. The molecule has 1 aliphatic carbocycles. The van der Waals surface area contributed by atoms with Crippen molar-refractivity contribution in [3.05, 3.63) is 68.7 Å². The maximum Gasteiger partial charge on any atom is 0.270 e. The highest BCUT2D eigenvalue weighted by atomic mass is 35.5. The summed E-state index contributed by atoms with van der Waals surface area (Å²) in [5.41, 5.74) is 1.51. The third kappa shape index (κ3) is 6.77. The predicted molar refractivity (Wildman–Crippen MR) is 129 cm³/mol. The van der Waals surface area contributed by atoms with Crippen LogP contribution in [0.2, 0.25) is 5.02 Å². The van der Waals surface area contributed by atoms with Gasteiger partial charge in [0.2, 0.25) is 11.8 Å². The van der Waals surface area contributed by atoms with E-state index in [0.717, 1.165) is 43.7 Å². The second-order valence-corrected chi connectivity index (χ2v) is 8.75. The summed E-state index contributed by atoms with van der Waals surface area (Å²) in [7, 11) is 0. The number of anilines is 1. The molecule has 1 aliphatic rings. The number of amides is 3. The molecule has 3 rings (SSSR count). The molecule has 0 bridgehead atoms. The number of nitro groups is 1. The monoisotopic (exact) mass is 486 g/mol. The fraction of sp³-hybridized carbons (Fsp3) is 0.375. The number of nitrogens with one attached hydrogen (secondary N) is 2. The SMILES string of the molecule is Cc1cccc(NC(=O)CNC(=O)CN(C(=O)c2ccc([N+](=O)[O-])cc2Cl)C2CCCCC2)c1. The van der Waals surface area contributed by atoms with Gasteiger partial charge in [0, 0.05) is 23.9 Å². The van der Waals surface area contributed by atoms with Crippen LogP contribution in [0.3, 0.4) is 0 Å². The number of nitro benzene ring substituents is 1. The Hall–Kier alpha value is -3.46. The zero-order valence-electron chi connectivity index (χ0n) is 18.9. The zero-order chi connectivity index (χ0) is 24.7. The Balaban J connectivity index is 1.67. The molecule has 0 atom stereocenters. The molecular formula is C24H27ClN4O5. The quantitative estimate of drug-likeness (QED) is 0.430. The third-order valence-corrected chi connectivity index (χ3v) is 6.04. The van der Waals surface area contributed by atoms with Crippen molar-refractivity contribution in [3.8, 4) is 0 Å². The molecule has 10 heteroatoms. The Bertz CT molecular complexity index is 1080. The number of carbonyl (C=O) groups is 3. The van der Waals surface area contributed by atoms with Gasteiger partial charge in [0.15, 0.2) is 0 Å². The van der Waals surface area contributed by atoms with Gasteiger partial charge in [-0.25, -0.2) is 0 Å². The van der Waals surface area contributed by atoms with Crippen molar-refractivity contribution in [3.63, 3.8) is 0 Å². The summed E-state index contributed by atoms with van der Waals surface area (Å²) in [5.74, 6) is -1.32. The molecule has 0 spiro atoms. The topological polar surface area (TPSA) is 122 Å². The van der Waals surface area contributed by atoms with Gasteiger partial charge in [0.1, 0.15) is 6.54 Å². The Morgan fingerprint density at radius 3 is 2.47 bits per heavy atom. The minimum Gasteiger partial charge on any atom is -0.345 e. The molecule has 0 unspecified atom stereocenters. The largest absolute Gasteiger partial charge is 0.345 e. The number of hydrogen-bond donors (Lipinski definition) is 2. The van der Waals surface area contributed by atoms with Crippen LogP contribution in [0.25, 0.3) is 0 Å². The third-order valence-electron chi connectivity index (χ3n) is 5.73. The Labute approximate surface area is 202 Å². The maximum absolute atomic E-state index is 13.3. The first-order chi connectivity index (χ1) is 16.2. The van der Waals surface area contributed by atoms with Gasteiger partial charge in [0.05, 0.1) is 22.1 Å². The van der Waals surface area contributed by atoms with Gasteiger partial charge in [-0.2, -0.15) is 0 Å². The number of non-ortho nitro benzene ring substituents is 1. The van der Waals surface area contributed by atoms with Crippen LogP contribution in [0, 0.1) is 17.0 Å². The molecule has 2 aromatic carbocycles. The first-order valence-electron chi connectivity index (χ1n) is 11.1. The number of benzene rings is 2. The fourth-order valence-corrected chi connectivity index (χ4v) is 4.28. The number of carbonyl (C=O) groups excluding carboxylic acids is 3. The van der Waals surface area contributed by atoms with E-state index in [1.807, 2.05) is 25.1 Å². The summed E-state index contributed by atoms with van der Waals surface area (Å²) in [6.45, 7) is 1.43. The average Bonchev–Trinajstić information content (AvgIpc) is 2.81. The Kier molecular flexibility index (Phi) is 8.59. The maximum atomic E-state index is 13.3. The number of nitrogens with zero attached hydrogens (tertiary/aromatic N) is 2. The molecule has 2 N–H and O–H groups in total. The van der Waals surface area contributed by atoms with Crippen LogP contribution in [-0.4, -0.2) is 46.7 Å². The second kappa shape index (κ2) is 11.6. The lowest BCUT2D eigenvalue weighted by Crippen LogP contribution is -2.48. The number of halogens is 1. The lowest BCUT2D eigenvalue weighted by Gasteiger charge is -2.34. The highest BCUT2D eigenvalue weighted by Gasteiger charge is 2.30. The van der Waals surface area contributed by atoms with Crippen molar-refractivity contribution in [2.75, 3.05) is 18.4 Å². The molecule has 180 valence electrons. The van der Waals surface area contributed by atoms with Crippen molar-refractivity contribution in [2.45, 2.75) is 45.1 Å². The van der Waals surface area contributed by atoms with Crippen LogP contribution in [0.4, 0.5) is 11.4 Å². The van der Waals surface area contributed by atoms with Crippen LogP contribution in [0.1, 0.15) is 48.0 Å². The van der Waals surface area contributed by atoms with E-state index in [2.05, 4.69) is 10.6 Å². The summed E-state index contributed by atoms with van der Waals surface area (Å²) in [6, 6.07) is 10.8. The number of aryl methyl sites for hydroxylation is 1. The minimum absolute atomic E-state index is 0.0436. The molecule has 3 amide bonds. The van der Waals surface area contributed by atoms with Crippen LogP contribution < -0.4 is 10.6 Å². The number of hydrogen-bond acceptors (Lipinski definition) is 5. The van der Waals surface area contributed by atoms with E-state index in [1.165, 1.54) is 17.0 Å². The highest BCUT2D eigenvalue weighted by Crippen LogP contribution is 2.28. The minimum atomic E-state index is -0.589. The molecule has 1 saturated carbocycles. The molecule has 0 heterocycles. The molecule has 9 nitrogen and oxygen atoms in total. The van der Waals surface area contributed by atoms with Crippen LogP contribution >= 0.6 is 11.6 Å². The fourth-order valence-electron chi connectivity index (χ4n) is 4.02. The zero-order valence-corrected chi connectivity index (χ0v) is 19.6. The Morgan fingerprint density at radius 2 is 1.82 bits per heavy atom. The van der Waals surface area contributed by atoms with Gasteiger partial charge >= 0.3 is 0 Å². The molecule has 0 aliphatic heterocycles. The van der Waals surface area contributed by atoms with Crippen molar-refractivity contribution < 1.29 is 19.3 Å². The highest BCUT2D eigenvalue weighted by molar-refractivity contribution is 6.34. The van der Waals surface area contributed by atoms with Gasteiger partial charge in [-0.1, -0.05) is 43.0 Å². The van der Waals surface area contributed by atoms with Gasteiger partial charge in [-0.3, -0.25) is 24.5 Å². The van der Waals surface area contributed by atoms with Gasteiger partial charge in [0.25, 0.3) is 11.6 Å². The van der Waals surface area contributed by atoms with Crippen molar-refractivity contribution >= 4 is 40.7 Å². The molecule has 2 aromatic rings. The second-order valence-electron chi connectivity index (χ2n) is 8.34. The van der Waals surface area contributed by atoms with E-state index in [9.17, 15) is 24.5 Å². The van der Waals surface area contributed by atoms with Crippen molar-refractivity contribution in [1.82, 2.24) is 10.2 Å². The van der Waals surface area contributed by atoms with Crippen molar-refractivity contribution in [1.29, 1.82) is 0 Å². The van der Waals surface area contributed by atoms with Crippen LogP contribution in [0.5, 0.6) is 0 Å². The summed E-state index contributed by atoms with van der Waals surface area (Å²) in [5, 5.41) is 16.2. The van der Waals surface area contributed by atoms with E-state index < -0.39 is 16.7 Å². The first-order valence-corrected chi connectivity index (χ1v) is 11.5. The van der Waals surface area contributed by atoms with E-state index >= 15 is 0 Å². The van der Waals surface area contributed by atoms with Gasteiger partial charge < -0.3 is 15.5 Å². The smallest absolute Gasteiger partial charge is 0.270 e. The molecular weight excluding hydrogens is 460 g/mol. The summed E-state index contributed by atoms with van der Waals surface area (Å²) >= 11 is 6.17. The predicted octanol–water partition coefficient (Wildman–Crippen LogP) is 4.09. The summed E-state index contributed by atoms with van der Waals surface area (Å²) < 4.78 is 0. The van der Waals surface area contributed by atoms with Gasteiger partial charge in [-0.05, 0) is 43.5 Å². The summed E-state index contributed by atoms with van der Waals surface area (Å²) in [4.78, 5) is 50.0. The number of rotatable bonds is 8. The van der Waals surface area contributed by atoms with Crippen LogP contribution in [-0.2, 0) is 9.59 Å². The van der Waals surface area contributed by atoms with Crippen LogP contribution in [0.15, 0.2) is 42.5 Å². The lowest BCUT2D eigenvalue weighted by molar-refractivity contribution is -0.384. The van der Waals surface area contributed by atoms with Crippen molar-refractivity contribution in [2.24, 2.45) is 0 Å². The molecule has 34 heavy (non-hydrogen) atoms. The summed E-state index contributed by atoms with van der Waals surface area (Å²) in [6.07, 6.45) is 4.42. The normalized spacial score (nSPS) is 13.7. The van der Waals surface area contributed by atoms with E-state index in [0.29, 0.717) is 5.69 Å². The van der Waals surface area contributed by atoms with E-state index in [1.54, 1.807) is 6.07 Å². The van der Waals surface area contributed by atoms with Gasteiger partial charge in [-0.15, -0.1) is 0 Å².